The molecule has 0 amide bonds. The standard InChI is InChI=1S/C29H25F2N5O3/c1-34-23-12-11-22(16-32)33-27(23)24(15-26(34)37)35-13-14-36(25(17-35)29(38)39-2)28(18-3-7-20(30)8-4-18)19-5-9-21(31)10-6-19/h3-12,15,25,28H,13-14,17H2,1-2H3/t25-/m0/s1. The molecular weight excluding hydrogens is 504 g/mol. The minimum absolute atomic E-state index is 0.159. The number of piperazine rings is 1. The number of methoxy groups -OCH3 is 1. The molecule has 0 unspecified atom stereocenters. The SMILES string of the molecule is COC(=O)[C@@H]1CN(c2cc(=O)n(C)c3ccc(C#N)nc23)CCN1C(c1ccc(F)cc1)c1ccc(F)cc1. The zero-order valence-corrected chi connectivity index (χ0v) is 21.3. The summed E-state index contributed by atoms with van der Waals surface area (Å²) in [6.45, 7) is 0.924. The highest BCUT2D eigenvalue weighted by atomic mass is 19.1. The van der Waals surface area contributed by atoms with Gasteiger partial charge in [0, 0.05) is 32.7 Å². The van der Waals surface area contributed by atoms with Crippen LogP contribution in [-0.2, 0) is 16.6 Å². The number of pyridine rings is 2. The van der Waals surface area contributed by atoms with E-state index >= 15 is 0 Å². The maximum absolute atomic E-state index is 13.8. The van der Waals surface area contributed by atoms with E-state index in [9.17, 15) is 23.6 Å². The molecule has 39 heavy (non-hydrogen) atoms. The molecule has 0 bridgehead atoms. The number of aromatic nitrogens is 2. The van der Waals surface area contributed by atoms with Gasteiger partial charge in [0.05, 0.1) is 24.4 Å². The maximum Gasteiger partial charge on any atom is 0.324 e. The highest BCUT2D eigenvalue weighted by Crippen LogP contribution is 2.34. The number of benzene rings is 2. The number of rotatable bonds is 5. The van der Waals surface area contributed by atoms with Crippen LogP contribution in [-0.4, -0.2) is 53.2 Å². The summed E-state index contributed by atoms with van der Waals surface area (Å²) in [6, 6.07) is 17.4. The van der Waals surface area contributed by atoms with Gasteiger partial charge in [0.2, 0.25) is 0 Å². The summed E-state index contributed by atoms with van der Waals surface area (Å²) in [7, 11) is 2.94. The molecule has 1 atom stereocenters. The second kappa shape index (κ2) is 10.6. The van der Waals surface area contributed by atoms with Crippen LogP contribution in [0.15, 0.2) is 71.5 Å². The molecule has 0 saturated carbocycles. The van der Waals surface area contributed by atoms with Crippen molar-refractivity contribution in [3.63, 3.8) is 0 Å². The summed E-state index contributed by atoms with van der Waals surface area (Å²) < 4.78 is 34.2. The van der Waals surface area contributed by atoms with Crippen molar-refractivity contribution in [1.29, 1.82) is 5.26 Å². The minimum atomic E-state index is -0.790. The molecule has 0 spiro atoms. The molecule has 198 valence electrons. The molecule has 1 aliphatic heterocycles. The predicted octanol–water partition coefficient (Wildman–Crippen LogP) is 3.54. The van der Waals surface area contributed by atoms with Crippen molar-refractivity contribution in [2.45, 2.75) is 12.1 Å². The van der Waals surface area contributed by atoms with Crippen LogP contribution in [0.25, 0.3) is 11.0 Å². The molecule has 0 radical (unpaired) electrons. The van der Waals surface area contributed by atoms with E-state index in [-0.39, 0.29) is 17.8 Å². The monoisotopic (exact) mass is 529 g/mol. The molecule has 1 saturated heterocycles. The third-order valence-corrected chi connectivity index (χ3v) is 7.12. The number of aryl methyl sites for hydroxylation is 1. The first-order valence-electron chi connectivity index (χ1n) is 12.3. The van der Waals surface area contributed by atoms with Gasteiger partial charge in [-0.05, 0) is 47.5 Å². The summed E-state index contributed by atoms with van der Waals surface area (Å²) in [5, 5.41) is 9.41. The van der Waals surface area contributed by atoms with Gasteiger partial charge >= 0.3 is 5.97 Å². The molecule has 2 aromatic heterocycles. The molecule has 1 fully saturated rings. The van der Waals surface area contributed by atoms with Crippen LogP contribution >= 0.6 is 0 Å². The molecule has 0 N–H and O–H groups in total. The molecule has 2 aromatic carbocycles. The van der Waals surface area contributed by atoms with Gasteiger partial charge in [-0.2, -0.15) is 5.26 Å². The Bertz CT molecular complexity index is 1590. The summed E-state index contributed by atoms with van der Waals surface area (Å²) in [6.07, 6.45) is 0. The number of hydrogen-bond acceptors (Lipinski definition) is 7. The van der Waals surface area contributed by atoms with Gasteiger partial charge in [-0.25, -0.2) is 13.8 Å². The van der Waals surface area contributed by atoms with E-state index in [1.54, 1.807) is 43.4 Å². The first-order chi connectivity index (χ1) is 18.8. The third-order valence-electron chi connectivity index (χ3n) is 7.12. The minimum Gasteiger partial charge on any atom is -0.468 e. The third kappa shape index (κ3) is 4.96. The fourth-order valence-electron chi connectivity index (χ4n) is 5.15. The van der Waals surface area contributed by atoms with Gasteiger partial charge in [0.15, 0.2) is 0 Å². The van der Waals surface area contributed by atoms with Gasteiger partial charge < -0.3 is 14.2 Å². The van der Waals surface area contributed by atoms with Gasteiger partial charge in [0.1, 0.15) is 35.0 Å². The van der Waals surface area contributed by atoms with Crippen LogP contribution in [0.5, 0.6) is 0 Å². The molecule has 8 nitrogen and oxygen atoms in total. The summed E-state index contributed by atoms with van der Waals surface area (Å²) in [4.78, 5) is 34.3. The highest BCUT2D eigenvalue weighted by Gasteiger charge is 2.39. The lowest BCUT2D eigenvalue weighted by molar-refractivity contribution is -0.148. The van der Waals surface area contributed by atoms with Crippen LogP contribution in [0.1, 0.15) is 22.9 Å². The quantitative estimate of drug-likeness (QED) is 0.365. The number of ether oxygens (including phenoxy) is 1. The summed E-state index contributed by atoms with van der Waals surface area (Å²) in [5.41, 5.74) is 2.95. The number of carbonyl (C=O) groups excluding carboxylic acids is 1. The van der Waals surface area contributed by atoms with E-state index < -0.39 is 29.7 Å². The molecular formula is C29H25F2N5O3. The number of halogens is 2. The van der Waals surface area contributed by atoms with Crippen molar-refractivity contribution >= 4 is 22.7 Å². The fourth-order valence-corrected chi connectivity index (χ4v) is 5.15. The Morgan fingerprint density at radius 1 is 1.03 bits per heavy atom. The zero-order valence-electron chi connectivity index (χ0n) is 21.3. The molecule has 10 heteroatoms. The van der Waals surface area contributed by atoms with Gasteiger partial charge in [-0.15, -0.1) is 0 Å². The maximum atomic E-state index is 13.8. The fraction of sp³-hybridized carbons (Fsp3) is 0.241. The zero-order chi connectivity index (χ0) is 27.7. The lowest BCUT2D eigenvalue weighted by Gasteiger charge is -2.45. The van der Waals surface area contributed by atoms with E-state index in [1.807, 2.05) is 15.9 Å². The van der Waals surface area contributed by atoms with E-state index in [1.165, 1.54) is 42.0 Å². The van der Waals surface area contributed by atoms with E-state index in [0.29, 0.717) is 29.8 Å². The molecule has 1 aliphatic rings. The Kier molecular flexibility index (Phi) is 7.09. The summed E-state index contributed by atoms with van der Waals surface area (Å²) in [5.74, 6) is -1.28. The number of fused-ring (bicyclic) bond motifs is 1. The van der Waals surface area contributed by atoms with Crippen molar-refractivity contribution in [2.75, 3.05) is 31.6 Å². The van der Waals surface area contributed by atoms with Crippen LogP contribution in [0.3, 0.4) is 0 Å². The van der Waals surface area contributed by atoms with Crippen molar-refractivity contribution in [2.24, 2.45) is 7.05 Å². The Hall–Kier alpha value is -4.62. The number of nitriles is 1. The van der Waals surface area contributed by atoms with Crippen molar-refractivity contribution in [3.05, 3.63) is 106 Å². The Morgan fingerprint density at radius 2 is 1.64 bits per heavy atom. The highest BCUT2D eigenvalue weighted by molar-refractivity contribution is 5.89. The van der Waals surface area contributed by atoms with E-state index in [4.69, 9.17) is 4.74 Å². The molecule has 5 rings (SSSR count). The average Bonchev–Trinajstić information content (AvgIpc) is 2.96. The van der Waals surface area contributed by atoms with E-state index in [0.717, 1.165) is 11.1 Å². The predicted molar refractivity (Wildman–Crippen MR) is 141 cm³/mol. The van der Waals surface area contributed by atoms with E-state index in [2.05, 4.69) is 4.98 Å². The second-order valence-corrected chi connectivity index (χ2v) is 9.33. The van der Waals surface area contributed by atoms with Crippen LogP contribution in [0.4, 0.5) is 14.5 Å². The van der Waals surface area contributed by atoms with Crippen molar-refractivity contribution < 1.29 is 18.3 Å². The number of hydrogen-bond donors (Lipinski definition) is 0. The van der Waals surface area contributed by atoms with Gasteiger partial charge in [0.25, 0.3) is 5.56 Å². The Labute approximate surface area is 223 Å². The molecule has 0 aliphatic carbocycles. The first-order valence-corrected chi connectivity index (χ1v) is 12.3. The van der Waals surface area contributed by atoms with Gasteiger partial charge in [-0.3, -0.25) is 14.5 Å². The number of nitrogens with zero attached hydrogens (tertiary/aromatic N) is 5. The Morgan fingerprint density at radius 3 is 2.21 bits per heavy atom. The number of carbonyl (C=O) groups is 1. The molecule has 4 aromatic rings. The van der Waals surface area contributed by atoms with Crippen LogP contribution in [0.2, 0.25) is 0 Å². The largest absolute Gasteiger partial charge is 0.468 e. The second-order valence-electron chi connectivity index (χ2n) is 9.33. The number of esters is 1. The summed E-state index contributed by atoms with van der Waals surface area (Å²) >= 11 is 0. The van der Waals surface area contributed by atoms with Crippen LogP contribution < -0.4 is 10.5 Å². The lowest BCUT2D eigenvalue weighted by atomic mass is 9.94. The Balaban J connectivity index is 1.59. The average molecular weight is 530 g/mol. The smallest absolute Gasteiger partial charge is 0.324 e. The van der Waals surface area contributed by atoms with Crippen molar-refractivity contribution in [1.82, 2.24) is 14.5 Å². The first kappa shape index (κ1) is 26.0. The van der Waals surface area contributed by atoms with Crippen LogP contribution in [0, 0.1) is 23.0 Å². The van der Waals surface area contributed by atoms with Crippen molar-refractivity contribution in [3.8, 4) is 6.07 Å². The topological polar surface area (TPSA) is 91.5 Å². The molecule has 3 heterocycles. The number of anilines is 1. The normalized spacial score (nSPS) is 15.9. The van der Waals surface area contributed by atoms with Gasteiger partial charge in [-0.1, -0.05) is 24.3 Å². The lowest BCUT2D eigenvalue weighted by Crippen LogP contribution is -2.58.